The lowest BCUT2D eigenvalue weighted by Crippen LogP contribution is -2.33. The van der Waals surface area contributed by atoms with Crippen molar-refractivity contribution in [2.75, 3.05) is 21.3 Å². The molecular formula is C25H24N2O4. The lowest BCUT2D eigenvalue weighted by Gasteiger charge is -2.38. The summed E-state index contributed by atoms with van der Waals surface area (Å²) in [6, 6.07) is 22.1. The Labute approximate surface area is 181 Å². The second kappa shape index (κ2) is 7.87. The van der Waals surface area contributed by atoms with Crippen LogP contribution in [0.25, 0.3) is 0 Å². The summed E-state index contributed by atoms with van der Waals surface area (Å²) in [6.45, 7) is 0. The van der Waals surface area contributed by atoms with Crippen molar-refractivity contribution in [3.63, 3.8) is 0 Å². The number of ether oxygens (including phenoxy) is 4. The SMILES string of the molecule is COc1ccc2c(c1)[C@@H]1CC(c3ccccc3)=NN1[C@H](c1ccc(OC)c(OC)c1)O2. The van der Waals surface area contributed by atoms with Crippen LogP contribution in [-0.4, -0.2) is 32.0 Å². The molecule has 0 bridgehead atoms. The van der Waals surface area contributed by atoms with Crippen LogP contribution in [0.15, 0.2) is 71.8 Å². The van der Waals surface area contributed by atoms with Gasteiger partial charge in [0.05, 0.1) is 33.1 Å². The number of hydrazone groups is 1. The molecule has 0 aromatic heterocycles. The molecule has 2 atom stereocenters. The second-order valence-corrected chi connectivity index (χ2v) is 7.50. The number of rotatable bonds is 5. The summed E-state index contributed by atoms with van der Waals surface area (Å²) >= 11 is 0. The minimum atomic E-state index is -0.382. The average Bonchev–Trinajstić information content (AvgIpc) is 3.29. The van der Waals surface area contributed by atoms with Crippen molar-refractivity contribution in [1.29, 1.82) is 0 Å². The zero-order valence-electron chi connectivity index (χ0n) is 17.7. The van der Waals surface area contributed by atoms with Crippen molar-refractivity contribution in [3.8, 4) is 23.0 Å². The van der Waals surface area contributed by atoms with Gasteiger partial charge in [0.15, 0.2) is 11.5 Å². The molecule has 158 valence electrons. The van der Waals surface area contributed by atoms with Gasteiger partial charge in [0.2, 0.25) is 6.23 Å². The third-order valence-corrected chi connectivity index (χ3v) is 5.80. The van der Waals surface area contributed by atoms with Crippen molar-refractivity contribution < 1.29 is 18.9 Å². The monoisotopic (exact) mass is 416 g/mol. The summed E-state index contributed by atoms with van der Waals surface area (Å²) in [5, 5.41) is 7.05. The molecule has 31 heavy (non-hydrogen) atoms. The highest BCUT2D eigenvalue weighted by molar-refractivity contribution is 6.01. The molecule has 2 heterocycles. The van der Waals surface area contributed by atoms with Crippen LogP contribution in [0.3, 0.4) is 0 Å². The quantitative estimate of drug-likeness (QED) is 0.589. The van der Waals surface area contributed by atoms with Crippen LogP contribution in [0.2, 0.25) is 0 Å². The van der Waals surface area contributed by atoms with Crippen molar-refractivity contribution in [1.82, 2.24) is 5.01 Å². The Hall–Kier alpha value is -3.67. The second-order valence-electron chi connectivity index (χ2n) is 7.50. The Morgan fingerprint density at radius 3 is 2.42 bits per heavy atom. The molecule has 6 heteroatoms. The first-order valence-corrected chi connectivity index (χ1v) is 10.2. The molecule has 2 aliphatic rings. The van der Waals surface area contributed by atoms with Crippen LogP contribution in [0, 0.1) is 0 Å². The van der Waals surface area contributed by atoms with Gasteiger partial charge in [-0.3, -0.25) is 0 Å². The third kappa shape index (κ3) is 3.34. The normalized spacial score (nSPS) is 19.1. The molecule has 0 aliphatic carbocycles. The van der Waals surface area contributed by atoms with Gasteiger partial charge >= 0.3 is 0 Å². The van der Waals surface area contributed by atoms with Crippen molar-refractivity contribution in [3.05, 3.63) is 83.4 Å². The van der Waals surface area contributed by atoms with E-state index in [2.05, 4.69) is 12.1 Å². The molecule has 0 saturated heterocycles. The minimum absolute atomic E-state index is 0.0483. The highest BCUT2D eigenvalue weighted by Gasteiger charge is 2.41. The zero-order chi connectivity index (χ0) is 21.4. The summed E-state index contributed by atoms with van der Waals surface area (Å²) < 4.78 is 22.8. The van der Waals surface area contributed by atoms with Crippen LogP contribution in [-0.2, 0) is 0 Å². The fourth-order valence-electron chi connectivity index (χ4n) is 4.22. The number of fused-ring (bicyclic) bond motifs is 3. The number of nitrogens with zero attached hydrogens (tertiary/aromatic N) is 2. The van der Waals surface area contributed by atoms with Crippen LogP contribution in [0.1, 0.15) is 35.4 Å². The van der Waals surface area contributed by atoms with Crippen LogP contribution < -0.4 is 18.9 Å². The van der Waals surface area contributed by atoms with E-state index in [1.807, 2.05) is 59.6 Å². The maximum atomic E-state index is 6.46. The summed E-state index contributed by atoms with van der Waals surface area (Å²) in [5.41, 5.74) is 4.18. The lowest BCUT2D eigenvalue weighted by atomic mass is 9.95. The van der Waals surface area contributed by atoms with Gasteiger partial charge in [-0.05, 0) is 42.0 Å². The minimum Gasteiger partial charge on any atom is -0.497 e. The van der Waals surface area contributed by atoms with Gasteiger partial charge in [-0.1, -0.05) is 30.3 Å². The molecule has 0 saturated carbocycles. The molecule has 0 fully saturated rings. The van der Waals surface area contributed by atoms with Crippen LogP contribution >= 0.6 is 0 Å². The van der Waals surface area contributed by atoms with E-state index >= 15 is 0 Å². The lowest BCUT2D eigenvalue weighted by molar-refractivity contribution is -0.0193. The first-order chi connectivity index (χ1) is 15.2. The van der Waals surface area contributed by atoms with Gasteiger partial charge in [0, 0.05) is 17.5 Å². The van der Waals surface area contributed by atoms with E-state index in [0.29, 0.717) is 11.5 Å². The summed E-state index contributed by atoms with van der Waals surface area (Å²) in [6.07, 6.45) is 0.407. The molecule has 6 nitrogen and oxygen atoms in total. The molecule has 0 unspecified atom stereocenters. The predicted octanol–water partition coefficient (Wildman–Crippen LogP) is 4.95. The van der Waals surface area contributed by atoms with E-state index in [-0.39, 0.29) is 12.3 Å². The molecular weight excluding hydrogens is 392 g/mol. The van der Waals surface area contributed by atoms with Crippen molar-refractivity contribution in [2.45, 2.75) is 18.7 Å². The van der Waals surface area contributed by atoms with Gasteiger partial charge in [-0.15, -0.1) is 0 Å². The van der Waals surface area contributed by atoms with Crippen LogP contribution in [0.4, 0.5) is 0 Å². The highest BCUT2D eigenvalue weighted by atomic mass is 16.5. The number of benzene rings is 3. The molecule has 0 N–H and O–H groups in total. The fourth-order valence-corrected chi connectivity index (χ4v) is 4.22. The maximum absolute atomic E-state index is 6.46. The van der Waals surface area contributed by atoms with Crippen molar-refractivity contribution in [2.24, 2.45) is 5.10 Å². The van der Waals surface area contributed by atoms with Crippen LogP contribution in [0.5, 0.6) is 23.0 Å². The Morgan fingerprint density at radius 1 is 0.871 bits per heavy atom. The Balaban J connectivity index is 1.60. The van der Waals surface area contributed by atoms with E-state index in [1.165, 1.54) is 0 Å². The number of hydrogen-bond donors (Lipinski definition) is 0. The molecule has 2 aliphatic heterocycles. The third-order valence-electron chi connectivity index (χ3n) is 5.80. The Kier molecular flexibility index (Phi) is 4.90. The molecule has 3 aromatic rings. The van der Waals surface area contributed by atoms with Crippen molar-refractivity contribution >= 4 is 5.71 Å². The van der Waals surface area contributed by atoms with E-state index in [4.69, 9.17) is 24.0 Å². The van der Waals surface area contributed by atoms with Gasteiger partial charge in [-0.2, -0.15) is 5.10 Å². The van der Waals surface area contributed by atoms with E-state index in [0.717, 1.165) is 40.3 Å². The number of methoxy groups -OCH3 is 3. The Bertz CT molecular complexity index is 1130. The average molecular weight is 416 g/mol. The summed E-state index contributed by atoms with van der Waals surface area (Å²) in [5.74, 6) is 2.98. The fraction of sp³-hybridized carbons (Fsp3) is 0.240. The van der Waals surface area contributed by atoms with Gasteiger partial charge in [0.25, 0.3) is 0 Å². The molecule has 3 aromatic carbocycles. The van der Waals surface area contributed by atoms with E-state index in [9.17, 15) is 0 Å². The summed E-state index contributed by atoms with van der Waals surface area (Å²) in [7, 11) is 4.94. The topological polar surface area (TPSA) is 52.5 Å². The standard InChI is InChI=1S/C25H24N2O4/c1-28-18-10-12-22-19(14-18)21-15-20(16-7-5-4-6-8-16)26-27(21)25(31-22)17-9-11-23(29-2)24(13-17)30-3/h4-14,21,25H,15H2,1-3H3/t21-,25-/m0/s1. The predicted molar refractivity (Wildman–Crippen MR) is 118 cm³/mol. The Morgan fingerprint density at radius 2 is 1.68 bits per heavy atom. The maximum Gasteiger partial charge on any atom is 0.214 e. The smallest absolute Gasteiger partial charge is 0.214 e. The van der Waals surface area contributed by atoms with Gasteiger partial charge in [0.1, 0.15) is 11.5 Å². The number of hydrogen-bond acceptors (Lipinski definition) is 6. The summed E-state index contributed by atoms with van der Waals surface area (Å²) in [4.78, 5) is 0. The van der Waals surface area contributed by atoms with E-state index < -0.39 is 0 Å². The first kappa shape index (κ1) is 19.3. The highest BCUT2D eigenvalue weighted by Crippen LogP contribution is 2.49. The zero-order valence-corrected chi connectivity index (χ0v) is 17.7. The first-order valence-electron chi connectivity index (χ1n) is 10.2. The largest absolute Gasteiger partial charge is 0.497 e. The molecule has 0 amide bonds. The molecule has 0 spiro atoms. The van der Waals surface area contributed by atoms with E-state index in [1.54, 1.807) is 21.3 Å². The molecule has 0 radical (unpaired) electrons. The van der Waals surface area contributed by atoms with Gasteiger partial charge in [-0.25, -0.2) is 5.01 Å². The molecule has 5 rings (SSSR count). The van der Waals surface area contributed by atoms with Gasteiger partial charge < -0.3 is 18.9 Å².